The first kappa shape index (κ1) is 15.1. The van der Waals surface area contributed by atoms with Crippen LogP contribution in [0.4, 0.5) is 4.39 Å². The van der Waals surface area contributed by atoms with Gasteiger partial charge in [-0.3, -0.25) is 14.6 Å². The van der Waals surface area contributed by atoms with Crippen LogP contribution < -0.4 is 5.32 Å². The number of carboxylic acid groups (broad SMARTS) is 1. The quantitative estimate of drug-likeness (QED) is 0.904. The highest BCUT2D eigenvalue weighted by atomic mass is 19.1. The monoisotopic (exact) mass is 328 g/mol. The number of carboxylic acids is 1. The molecule has 2 aliphatic rings. The number of nitrogens with zero attached hydrogens (tertiary/aromatic N) is 1. The second-order valence-electron chi connectivity index (χ2n) is 6.71. The SMILES string of the molecule is O=C(NC1CC(C(=O)O)C1)c1cc(C2CC2)nc2ccc(F)cc12. The van der Waals surface area contributed by atoms with Crippen molar-refractivity contribution in [2.45, 2.75) is 37.6 Å². The first-order valence-electron chi connectivity index (χ1n) is 8.15. The standard InChI is InChI=1S/C18H17FN2O3/c19-11-3-4-15-13(7-11)14(8-16(21-15)9-1-2-9)17(22)20-12-5-10(6-12)18(23)24/h3-4,7-10,12H,1-2,5-6H2,(H,20,22)(H,23,24). The molecule has 5 nitrogen and oxygen atoms in total. The molecule has 2 fully saturated rings. The number of nitrogens with one attached hydrogen (secondary N) is 1. The van der Waals surface area contributed by atoms with E-state index in [0.29, 0.717) is 35.2 Å². The van der Waals surface area contributed by atoms with Crippen LogP contribution in [0.15, 0.2) is 24.3 Å². The van der Waals surface area contributed by atoms with Crippen molar-refractivity contribution in [1.82, 2.24) is 10.3 Å². The van der Waals surface area contributed by atoms with Crippen molar-refractivity contribution in [3.8, 4) is 0 Å². The number of amides is 1. The van der Waals surface area contributed by atoms with Crippen molar-refractivity contribution in [2.24, 2.45) is 5.92 Å². The van der Waals surface area contributed by atoms with Crippen molar-refractivity contribution in [2.75, 3.05) is 0 Å². The molecule has 2 N–H and O–H groups in total. The summed E-state index contributed by atoms with van der Waals surface area (Å²) >= 11 is 0. The molecule has 1 aromatic heterocycles. The van der Waals surface area contributed by atoms with Gasteiger partial charge < -0.3 is 10.4 Å². The molecule has 124 valence electrons. The van der Waals surface area contributed by atoms with Gasteiger partial charge in [-0.2, -0.15) is 0 Å². The van der Waals surface area contributed by atoms with Gasteiger partial charge in [-0.1, -0.05) is 0 Å². The van der Waals surface area contributed by atoms with E-state index in [1.54, 1.807) is 12.1 Å². The van der Waals surface area contributed by atoms with Gasteiger partial charge >= 0.3 is 5.97 Å². The molecule has 0 unspecified atom stereocenters. The zero-order valence-corrected chi connectivity index (χ0v) is 13.0. The van der Waals surface area contributed by atoms with Gasteiger partial charge in [0.2, 0.25) is 0 Å². The summed E-state index contributed by atoms with van der Waals surface area (Å²) < 4.78 is 13.6. The summed E-state index contributed by atoms with van der Waals surface area (Å²) in [6.07, 6.45) is 3.00. The Labute approximate surface area is 137 Å². The van der Waals surface area contributed by atoms with Gasteiger partial charge in [0, 0.05) is 23.0 Å². The highest BCUT2D eigenvalue weighted by Crippen LogP contribution is 2.40. The van der Waals surface area contributed by atoms with E-state index in [1.807, 2.05) is 0 Å². The fourth-order valence-electron chi connectivity index (χ4n) is 3.20. The molecule has 2 aromatic rings. The van der Waals surface area contributed by atoms with Crippen molar-refractivity contribution >= 4 is 22.8 Å². The average molecular weight is 328 g/mol. The lowest BCUT2D eigenvalue weighted by molar-refractivity contribution is -0.145. The van der Waals surface area contributed by atoms with Gasteiger partial charge in [-0.05, 0) is 49.9 Å². The number of fused-ring (bicyclic) bond motifs is 1. The molecule has 4 rings (SSSR count). The number of benzene rings is 1. The average Bonchev–Trinajstić information content (AvgIpc) is 3.33. The maximum Gasteiger partial charge on any atom is 0.306 e. The number of carbonyl (C=O) groups excluding carboxylic acids is 1. The Balaban J connectivity index is 1.63. The molecule has 1 aromatic carbocycles. The third-order valence-electron chi connectivity index (χ3n) is 4.85. The number of rotatable bonds is 4. The Kier molecular flexibility index (Phi) is 3.48. The number of hydrogen-bond acceptors (Lipinski definition) is 3. The first-order valence-corrected chi connectivity index (χ1v) is 8.15. The van der Waals surface area contributed by atoms with Crippen molar-refractivity contribution in [3.05, 3.63) is 41.3 Å². The molecule has 0 saturated heterocycles. The largest absolute Gasteiger partial charge is 0.481 e. The summed E-state index contributed by atoms with van der Waals surface area (Å²) in [5, 5.41) is 12.3. The zero-order valence-electron chi connectivity index (χ0n) is 13.0. The molecule has 2 aliphatic carbocycles. The predicted octanol–water partition coefficient (Wildman–Crippen LogP) is 2.84. The van der Waals surface area contributed by atoms with Crippen LogP contribution in [0.25, 0.3) is 10.9 Å². The van der Waals surface area contributed by atoms with Crippen LogP contribution >= 0.6 is 0 Å². The molecule has 1 amide bonds. The minimum Gasteiger partial charge on any atom is -0.481 e. The molecule has 2 saturated carbocycles. The summed E-state index contributed by atoms with van der Waals surface area (Å²) in [4.78, 5) is 28.0. The van der Waals surface area contributed by atoms with Gasteiger partial charge in [-0.15, -0.1) is 0 Å². The van der Waals surface area contributed by atoms with Crippen molar-refractivity contribution in [3.63, 3.8) is 0 Å². The van der Waals surface area contributed by atoms with Crippen LogP contribution in [0, 0.1) is 11.7 Å². The number of aromatic nitrogens is 1. The Bertz CT molecular complexity index is 842. The maximum atomic E-state index is 13.6. The van der Waals surface area contributed by atoms with Crippen LogP contribution in [0.1, 0.15) is 47.7 Å². The number of hydrogen-bond donors (Lipinski definition) is 2. The second-order valence-corrected chi connectivity index (χ2v) is 6.71. The Morgan fingerprint density at radius 2 is 1.96 bits per heavy atom. The molecule has 1 heterocycles. The van der Waals surface area contributed by atoms with E-state index >= 15 is 0 Å². The van der Waals surface area contributed by atoms with Crippen LogP contribution in [-0.2, 0) is 4.79 Å². The maximum absolute atomic E-state index is 13.6. The smallest absolute Gasteiger partial charge is 0.306 e. The topological polar surface area (TPSA) is 79.3 Å². The van der Waals surface area contributed by atoms with E-state index in [0.717, 1.165) is 18.5 Å². The number of aliphatic carboxylic acids is 1. The number of pyridine rings is 1. The predicted molar refractivity (Wildman–Crippen MR) is 85.3 cm³/mol. The Morgan fingerprint density at radius 3 is 2.62 bits per heavy atom. The molecule has 24 heavy (non-hydrogen) atoms. The van der Waals surface area contributed by atoms with Crippen LogP contribution in [-0.4, -0.2) is 28.0 Å². The Morgan fingerprint density at radius 1 is 1.21 bits per heavy atom. The highest BCUT2D eigenvalue weighted by molar-refractivity contribution is 6.06. The van der Waals surface area contributed by atoms with Gasteiger partial charge in [-0.25, -0.2) is 4.39 Å². The normalized spacial score (nSPS) is 22.9. The van der Waals surface area contributed by atoms with E-state index in [9.17, 15) is 14.0 Å². The fourth-order valence-corrected chi connectivity index (χ4v) is 3.20. The summed E-state index contributed by atoms with van der Waals surface area (Å²) in [6.45, 7) is 0. The van der Waals surface area contributed by atoms with E-state index in [2.05, 4.69) is 10.3 Å². The second kappa shape index (κ2) is 5.54. The Hall–Kier alpha value is -2.50. The lowest BCUT2D eigenvalue weighted by Gasteiger charge is -2.32. The molecule has 0 radical (unpaired) electrons. The van der Waals surface area contributed by atoms with E-state index in [1.165, 1.54) is 12.1 Å². The minimum absolute atomic E-state index is 0.139. The number of carbonyl (C=O) groups is 2. The fraction of sp³-hybridized carbons (Fsp3) is 0.389. The molecule has 0 spiro atoms. The number of halogens is 1. The molecular formula is C18H17FN2O3. The third kappa shape index (κ3) is 2.72. The summed E-state index contributed by atoms with van der Waals surface area (Å²) in [5.41, 5.74) is 1.90. The molecular weight excluding hydrogens is 311 g/mol. The van der Waals surface area contributed by atoms with E-state index in [-0.39, 0.29) is 17.9 Å². The van der Waals surface area contributed by atoms with Gasteiger partial charge in [0.25, 0.3) is 5.91 Å². The summed E-state index contributed by atoms with van der Waals surface area (Å²) in [6, 6.07) is 5.88. The summed E-state index contributed by atoms with van der Waals surface area (Å²) in [7, 11) is 0. The van der Waals surface area contributed by atoms with E-state index < -0.39 is 11.8 Å². The third-order valence-corrected chi connectivity index (χ3v) is 4.85. The lowest BCUT2D eigenvalue weighted by atomic mass is 9.80. The van der Waals surface area contributed by atoms with Gasteiger partial charge in [0.15, 0.2) is 0 Å². The molecule has 6 heteroatoms. The molecule has 0 atom stereocenters. The van der Waals surface area contributed by atoms with Crippen LogP contribution in [0.3, 0.4) is 0 Å². The minimum atomic E-state index is -0.826. The summed E-state index contributed by atoms with van der Waals surface area (Å²) in [5.74, 6) is -1.53. The lowest BCUT2D eigenvalue weighted by Crippen LogP contribution is -2.46. The molecule has 0 aliphatic heterocycles. The molecule has 0 bridgehead atoms. The first-order chi connectivity index (χ1) is 11.5. The zero-order chi connectivity index (χ0) is 16.8. The van der Waals surface area contributed by atoms with Crippen molar-refractivity contribution in [1.29, 1.82) is 0 Å². The highest BCUT2D eigenvalue weighted by Gasteiger charge is 2.36. The van der Waals surface area contributed by atoms with Crippen LogP contribution in [0.2, 0.25) is 0 Å². The van der Waals surface area contributed by atoms with Gasteiger partial charge in [0.05, 0.1) is 17.0 Å². The van der Waals surface area contributed by atoms with Gasteiger partial charge in [0.1, 0.15) is 5.82 Å². The van der Waals surface area contributed by atoms with Crippen molar-refractivity contribution < 1.29 is 19.1 Å². The van der Waals surface area contributed by atoms with E-state index in [4.69, 9.17) is 5.11 Å². The van der Waals surface area contributed by atoms with Crippen LogP contribution in [0.5, 0.6) is 0 Å².